The van der Waals surface area contributed by atoms with Crippen LogP contribution in [0.25, 0.3) is 0 Å². The van der Waals surface area contributed by atoms with E-state index in [9.17, 15) is 13.2 Å². The lowest BCUT2D eigenvalue weighted by Crippen LogP contribution is -2.06. The van der Waals surface area contributed by atoms with Crippen molar-refractivity contribution in [3.05, 3.63) is 22.7 Å². The SMILES string of the molecule is COc1cc(C(F)(F)F)cc(Cl)c1N. The molecule has 78 valence electrons. The lowest BCUT2D eigenvalue weighted by molar-refractivity contribution is -0.137. The number of methoxy groups -OCH3 is 1. The molecule has 0 bridgehead atoms. The number of anilines is 1. The zero-order valence-corrected chi connectivity index (χ0v) is 7.91. The predicted octanol–water partition coefficient (Wildman–Crippen LogP) is 2.95. The molecule has 0 fully saturated rings. The molecule has 0 aliphatic carbocycles. The third-order valence-corrected chi connectivity index (χ3v) is 1.95. The van der Waals surface area contributed by atoms with Gasteiger partial charge in [0.25, 0.3) is 0 Å². The van der Waals surface area contributed by atoms with E-state index in [0.717, 1.165) is 12.1 Å². The smallest absolute Gasteiger partial charge is 0.416 e. The molecule has 1 aromatic carbocycles. The Hall–Kier alpha value is -1.10. The number of nitrogen functional groups attached to an aromatic ring is 1. The van der Waals surface area contributed by atoms with Crippen LogP contribution in [0.4, 0.5) is 18.9 Å². The highest BCUT2D eigenvalue weighted by molar-refractivity contribution is 6.33. The molecule has 1 aromatic rings. The summed E-state index contributed by atoms with van der Waals surface area (Å²) in [5.41, 5.74) is 4.50. The van der Waals surface area contributed by atoms with Crippen LogP contribution in [0.1, 0.15) is 5.56 Å². The highest BCUT2D eigenvalue weighted by Gasteiger charge is 2.32. The number of hydrogen-bond donors (Lipinski definition) is 1. The van der Waals surface area contributed by atoms with Crippen molar-refractivity contribution >= 4 is 17.3 Å². The summed E-state index contributed by atoms with van der Waals surface area (Å²) in [5, 5.41) is -0.170. The van der Waals surface area contributed by atoms with Crippen molar-refractivity contribution in [1.29, 1.82) is 0 Å². The van der Waals surface area contributed by atoms with Crippen LogP contribution in [0.15, 0.2) is 12.1 Å². The number of nitrogens with two attached hydrogens (primary N) is 1. The second kappa shape index (κ2) is 3.57. The molecule has 0 aliphatic rings. The minimum absolute atomic E-state index is 0.00201. The number of alkyl halides is 3. The van der Waals surface area contributed by atoms with E-state index >= 15 is 0 Å². The van der Waals surface area contributed by atoms with Gasteiger partial charge in [-0.2, -0.15) is 13.2 Å². The summed E-state index contributed by atoms with van der Waals surface area (Å²) in [7, 11) is 1.22. The van der Waals surface area contributed by atoms with Crippen LogP contribution in [0, 0.1) is 0 Å². The van der Waals surface area contributed by atoms with Gasteiger partial charge in [-0.1, -0.05) is 11.6 Å². The molecule has 0 unspecified atom stereocenters. The average molecular weight is 226 g/mol. The molecule has 0 saturated carbocycles. The van der Waals surface area contributed by atoms with Crippen LogP contribution in [0.2, 0.25) is 5.02 Å². The van der Waals surface area contributed by atoms with Crippen molar-refractivity contribution in [3.8, 4) is 5.75 Å². The molecule has 0 amide bonds. The fourth-order valence-corrected chi connectivity index (χ4v) is 1.14. The van der Waals surface area contributed by atoms with Gasteiger partial charge in [-0.25, -0.2) is 0 Å². The maximum absolute atomic E-state index is 12.3. The lowest BCUT2D eigenvalue weighted by Gasteiger charge is -2.11. The predicted molar refractivity (Wildman–Crippen MR) is 47.4 cm³/mol. The Kier molecular flexibility index (Phi) is 2.80. The molecule has 2 N–H and O–H groups in total. The maximum Gasteiger partial charge on any atom is 0.416 e. The van der Waals surface area contributed by atoms with Crippen molar-refractivity contribution in [1.82, 2.24) is 0 Å². The van der Waals surface area contributed by atoms with Gasteiger partial charge in [-0.3, -0.25) is 0 Å². The third-order valence-electron chi connectivity index (χ3n) is 1.64. The van der Waals surface area contributed by atoms with E-state index in [4.69, 9.17) is 17.3 Å². The number of hydrogen-bond acceptors (Lipinski definition) is 2. The zero-order valence-electron chi connectivity index (χ0n) is 7.15. The molecule has 0 radical (unpaired) electrons. The Morgan fingerprint density at radius 1 is 1.36 bits per heavy atom. The standard InChI is InChI=1S/C8H7ClF3NO/c1-14-6-3-4(8(10,11)12)2-5(9)7(6)13/h2-3H,13H2,1H3. The number of benzene rings is 1. The van der Waals surface area contributed by atoms with E-state index in [1.165, 1.54) is 7.11 Å². The first-order chi connectivity index (χ1) is 6.36. The Labute approximate surface area is 83.4 Å². The second-order valence-corrected chi connectivity index (χ2v) is 2.98. The van der Waals surface area contributed by atoms with Crippen LogP contribution < -0.4 is 10.5 Å². The van der Waals surface area contributed by atoms with Crippen LogP contribution >= 0.6 is 11.6 Å². The summed E-state index contributed by atoms with van der Waals surface area (Å²) in [4.78, 5) is 0. The summed E-state index contributed by atoms with van der Waals surface area (Å²) < 4.78 is 41.4. The molecule has 6 heteroatoms. The van der Waals surface area contributed by atoms with Crippen molar-refractivity contribution < 1.29 is 17.9 Å². The van der Waals surface area contributed by atoms with E-state index in [1.807, 2.05) is 0 Å². The third kappa shape index (κ3) is 2.04. The van der Waals surface area contributed by atoms with Gasteiger partial charge in [0.2, 0.25) is 0 Å². The Morgan fingerprint density at radius 3 is 2.36 bits per heavy atom. The fourth-order valence-electron chi connectivity index (χ4n) is 0.925. The van der Waals surface area contributed by atoms with Gasteiger partial charge >= 0.3 is 6.18 Å². The molecular weight excluding hydrogens is 219 g/mol. The Morgan fingerprint density at radius 2 is 1.93 bits per heavy atom. The van der Waals surface area contributed by atoms with Crippen LogP contribution in [-0.4, -0.2) is 7.11 Å². The van der Waals surface area contributed by atoms with Crippen molar-refractivity contribution in [2.45, 2.75) is 6.18 Å². The van der Waals surface area contributed by atoms with Gasteiger partial charge in [0.05, 0.1) is 23.4 Å². The minimum Gasteiger partial charge on any atom is -0.495 e. The normalized spacial score (nSPS) is 11.5. The topological polar surface area (TPSA) is 35.2 Å². The average Bonchev–Trinajstić information content (AvgIpc) is 2.07. The molecule has 0 heterocycles. The van der Waals surface area contributed by atoms with E-state index in [-0.39, 0.29) is 16.5 Å². The molecule has 0 saturated heterocycles. The second-order valence-electron chi connectivity index (χ2n) is 2.57. The summed E-state index contributed by atoms with van der Waals surface area (Å²) in [6.45, 7) is 0. The van der Waals surface area contributed by atoms with Crippen molar-refractivity contribution in [2.24, 2.45) is 0 Å². The van der Waals surface area contributed by atoms with Crippen molar-refractivity contribution in [2.75, 3.05) is 12.8 Å². The van der Waals surface area contributed by atoms with Crippen LogP contribution in [-0.2, 0) is 6.18 Å². The number of halogens is 4. The first kappa shape index (κ1) is 11.0. The van der Waals surface area contributed by atoms with Crippen LogP contribution in [0.5, 0.6) is 5.75 Å². The Bertz CT molecular complexity index is 351. The summed E-state index contributed by atoms with van der Waals surface area (Å²) in [6.07, 6.45) is -4.45. The molecule has 0 spiro atoms. The summed E-state index contributed by atoms with van der Waals surface area (Å²) in [6, 6.07) is 1.57. The van der Waals surface area contributed by atoms with E-state index < -0.39 is 11.7 Å². The molecule has 14 heavy (non-hydrogen) atoms. The molecule has 0 aliphatic heterocycles. The zero-order chi connectivity index (χ0) is 10.9. The van der Waals surface area contributed by atoms with Gasteiger partial charge in [0.1, 0.15) is 5.75 Å². The molecule has 2 nitrogen and oxygen atoms in total. The lowest BCUT2D eigenvalue weighted by atomic mass is 10.2. The molecular formula is C8H7ClF3NO. The summed E-state index contributed by atoms with van der Waals surface area (Å²) >= 11 is 5.50. The van der Waals surface area contributed by atoms with Gasteiger partial charge in [-0.05, 0) is 12.1 Å². The van der Waals surface area contributed by atoms with Gasteiger partial charge < -0.3 is 10.5 Å². The van der Waals surface area contributed by atoms with Gasteiger partial charge in [0, 0.05) is 0 Å². The largest absolute Gasteiger partial charge is 0.495 e. The Balaban J connectivity index is 3.30. The highest BCUT2D eigenvalue weighted by Crippen LogP contribution is 2.38. The quantitative estimate of drug-likeness (QED) is 0.746. The number of ether oxygens (including phenoxy) is 1. The van der Waals surface area contributed by atoms with Gasteiger partial charge in [0.15, 0.2) is 0 Å². The van der Waals surface area contributed by atoms with E-state index in [1.54, 1.807) is 0 Å². The fraction of sp³-hybridized carbons (Fsp3) is 0.250. The van der Waals surface area contributed by atoms with Crippen LogP contribution in [0.3, 0.4) is 0 Å². The first-order valence-corrected chi connectivity index (χ1v) is 3.94. The monoisotopic (exact) mass is 225 g/mol. The minimum atomic E-state index is -4.45. The molecule has 0 atom stereocenters. The first-order valence-electron chi connectivity index (χ1n) is 3.56. The van der Waals surface area contributed by atoms with E-state index in [0.29, 0.717) is 0 Å². The van der Waals surface area contributed by atoms with E-state index in [2.05, 4.69) is 4.74 Å². The summed E-state index contributed by atoms with van der Waals surface area (Å²) in [5.74, 6) is -0.0789. The molecule has 1 rings (SSSR count). The maximum atomic E-state index is 12.3. The highest BCUT2D eigenvalue weighted by atomic mass is 35.5. The number of rotatable bonds is 1. The van der Waals surface area contributed by atoms with Gasteiger partial charge in [-0.15, -0.1) is 0 Å². The molecule has 0 aromatic heterocycles. The van der Waals surface area contributed by atoms with Crippen molar-refractivity contribution in [3.63, 3.8) is 0 Å².